The molecular weight excluding hydrogens is 470 g/mol. The first kappa shape index (κ1) is 24.2. The van der Waals surface area contributed by atoms with Crippen molar-refractivity contribution in [2.75, 3.05) is 18.0 Å². The number of nitro groups is 1. The third-order valence-corrected chi connectivity index (χ3v) is 7.75. The van der Waals surface area contributed by atoms with Crippen molar-refractivity contribution >= 4 is 27.3 Å². The summed E-state index contributed by atoms with van der Waals surface area (Å²) in [5.74, 6) is 0.269. The van der Waals surface area contributed by atoms with Crippen LogP contribution in [0.5, 0.6) is 5.75 Å². The van der Waals surface area contributed by atoms with Crippen molar-refractivity contribution < 1.29 is 22.9 Å². The van der Waals surface area contributed by atoms with Crippen molar-refractivity contribution in [1.82, 2.24) is 5.32 Å². The molecule has 0 fully saturated rings. The summed E-state index contributed by atoms with van der Waals surface area (Å²) in [6, 6.07) is 18.3. The lowest BCUT2D eigenvalue weighted by Gasteiger charge is -2.29. The van der Waals surface area contributed by atoms with E-state index in [0.717, 1.165) is 40.4 Å². The van der Waals surface area contributed by atoms with Crippen LogP contribution < -0.4 is 14.4 Å². The molecule has 0 aromatic heterocycles. The van der Waals surface area contributed by atoms with Gasteiger partial charge in [0.15, 0.2) is 0 Å². The Kier molecular flexibility index (Phi) is 7.02. The van der Waals surface area contributed by atoms with Crippen LogP contribution >= 0.6 is 0 Å². The Morgan fingerprint density at radius 3 is 2.49 bits per heavy atom. The largest absolute Gasteiger partial charge is 0.497 e. The average molecular weight is 496 g/mol. The van der Waals surface area contributed by atoms with E-state index in [4.69, 9.17) is 4.74 Å². The molecule has 0 saturated carbocycles. The smallest absolute Gasteiger partial charge is 0.269 e. The van der Waals surface area contributed by atoms with Gasteiger partial charge in [-0.05, 0) is 66.8 Å². The molecule has 9 nitrogen and oxygen atoms in total. The summed E-state index contributed by atoms with van der Waals surface area (Å²) in [7, 11) is -2.51. The van der Waals surface area contributed by atoms with Gasteiger partial charge in [-0.3, -0.25) is 19.2 Å². The predicted molar refractivity (Wildman–Crippen MR) is 131 cm³/mol. The molecule has 1 aliphatic carbocycles. The molecule has 0 spiro atoms. The molecule has 0 bridgehead atoms. The standard InChI is InChI=1S/C25H25N3O6S/c1-34-21-14-15-23-18(16-21)6-5-9-24(23)26-25(29)17-27(19-10-12-20(13-11-19)28(30)31)35(32,33)22-7-3-2-4-8-22/h2-4,7-8,10-16,24H,5-6,9,17H2,1H3,(H,26,29). The number of ether oxygens (including phenoxy) is 1. The van der Waals surface area contributed by atoms with E-state index in [2.05, 4.69) is 5.32 Å². The Bertz CT molecular complexity index is 1330. The molecule has 10 heteroatoms. The van der Waals surface area contributed by atoms with E-state index in [0.29, 0.717) is 0 Å². The second-order valence-corrected chi connectivity index (χ2v) is 10.0. The molecule has 4 rings (SSSR count). The van der Waals surface area contributed by atoms with Crippen molar-refractivity contribution in [3.63, 3.8) is 0 Å². The van der Waals surface area contributed by atoms with Crippen LogP contribution in [0.2, 0.25) is 0 Å². The number of amides is 1. The fourth-order valence-electron chi connectivity index (χ4n) is 4.21. The van der Waals surface area contributed by atoms with Crippen LogP contribution in [0.25, 0.3) is 0 Å². The minimum atomic E-state index is -4.11. The van der Waals surface area contributed by atoms with Crippen molar-refractivity contribution in [2.24, 2.45) is 0 Å². The number of fused-ring (bicyclic) bond motifs is 1. The quantitative estimate of drug-likeness (QED) is 0.373. The summed E-state index contributed by atoms with van der Waals surface area (Å²) in [4.78, 5) is 23.6. The molecule has 0 heterocycles. The highest BCUT2D eigenvalue weighted by Gasteiger charge is 2.29. The van der Waals surface area contributed by atoms with Gasteiger partial charge in [0.05, 0.1) is 28.7 Å². The van der Waals surface area contributed by atoms with Crippen LogP contribution in [0.3, 0.4) is 0 Å². The van der Waals surface area contributed by atoms with E-state index < -0.39 is 27.4 Å². The highest BCUT2D eigenvalue weighted by Crippen LogP contribution is 2.32. The normalized spacial score (nSPS) is 15.1. The first-order chi connectivity index (χ1) is 16.8. The van der Waals surface area contributed by atoms with Crippen LogP contribution in [0.1, 0.15) is 30.0 Å². The van der Waals surface area contributed by atoms with Crippen LogP contribution in [0.15, 0.2) is 77.7 Å². The second-order valence-electron chi connectivity index (χ2n) is 8.18. The van der Waals surface area contributed by atoms with Gasteiger partial charge in [-0.2, -0.15) is 0 Å². The van der Waals surface area contributed by atoms with Crippen LogP contribution in [-0.4, -0.2) is 32.9 Å². The molecule has 1 amide bonds. The van der Waals surface area contributed by atoms with Gasteiger partial charge < -0.3 is 10.1 Å². The first-order valence-corrected chi connectivity index (χ1v) is 12.5. The monoisotopic (exact) mass is 495 g/mol. The molecule has 3 aromatic rings. The lowest BCUT2D eigenvalue weighted by molar-refractivity contribution is -0.384. The molecule has 0 aliphatic heterocycles. The molecular formula is C25H25N3O6S. The number of carbonyl (C=O) groups excluding carboxylic acids is 1. The topological polar surface area (TPSA) is 119 Å². The Hall–Kier alpha value is -3.92. The van der Waals surface area contributed by atoms with Crippen molar-refractivity contribution in [2.45, 2.75) is 30.2 Å². The van der Waals surface area contributed by atoms with E-state index in [1.807, 2.05) is 18.2 Å². The van der Waals surface area contributed by atoms with E-state index in [1.165, 1.54) is 36.4 Å². The van der Waals surface area contributed by atoms with E-state index >= 15 is 0 Å². The number of non-ortho nitro benzene ring substituents is 1. The van der Waals surface area contributed by atoms with E-state index in [9.17, 15) is 23.3 Å². The number of aryl methyl sites for hydroxylation is 1. The van der Waals surface area contributed by atoms with Gasteiger partial charge in [-0.15, -0.1) is 0 Å². The molecule has 3 aromatic carbocycles. The zero-order valence-corrected chi connectivity index (χ0v) is 19.9. The number of carbonyl (C=O) groups is 1. The maximum absolute atomic E-state index is 13.4. The number of nitro benzene ring substituents is 1. The van der Waals surface area contributed by atoms with Gasteiger partial charge in [0, 0.05) is 12.1 Å². The van der Waals surface area contributed by atoms with Crippen molar-refractivity contribution in [3.8, 4) is 5.75 Å². The molecule has 1 N–H and O–H groups in total. The molecule has 35 heavy (non-hydrogen) atoms. The highest BCUT2D eigenvalue weighted by atomic mass is 32.2. The van der Waals surface area contributed by atoms with Gasteiger partial charge in [0.25, 0.3) is 15.7 Å². The number of nitrogens with one attached hydrogen (secondary N) is 1. The Morgan fingerprint density at radius 1 is 1.11 bits per heavy atom. The van der Waals surface area contributed by atoms with Crippen molar-refractivity contribution in [1.29, 1.82) is 0 Å². The molecule has 1 unspecified atom stereocenters. The number of hydrogen-bond donors (Lipinski definition) is 1. The third kappa shape index (κ3) is 5.27. The minimum absolute atomic E-state index is 0.0151. The summed E-state index contributed by atoms with van der Waals surface area (Å²) < 4.78 is 33.2. The number of sulfonamides is 1. The Balaban J connectivity index is 1.61. The van der Waals surface area contributed by atoms with Gasteiger partial charge in [-0.25, -0.2) is 8.42 Å². The summed E-state index contributed by atoms with van der Waals surface area (Å²) in [5, 5.41) is 14.0. The van der Waals surface area contributed by atoms with Crippen LogP contribution in [0, 0.1) is 10.1 Å². The van der Waals surface area contributed by atoms with E-state index in [1.54, 1.807) is 25.3 Å². The number of hydrogen-bond acceptors (Lipinski definition) is 6. The number of benzene rings is 3. The molecule has 1 atom stereocenters. The van der Waals surface area contributed by atoms with Gasteiger partial charge >= 0.3 is 0 Å². The number of methoxy groups -OCH3 is 1. The third-order valence-electron chi connectivity index (χ3n) is 5.97. The Morgan fingerprint density at radius 2 is 1.83 bits per heavy atom. The number of rotatable bonds is 8. The number of anilines is 1. The average Bonchev–Trinajstić information content (AvgIpc) is 2.87. The van der Waals surface area contributed by atoms with Crippen LogP contribution in [-0.2, 0) is 21.2 Å². The molecule has 182 valence electrons. The van der Waals surface area contributed by atoms with Crippen LogP contribution in [0.4, 0.5) is 11.4 Å². The maximum atomic E-state index is 13.4. The summed E-state index contributed by atoms with van der Waals surface area (Å²) in [5.41, 5.74) is 2.05. The first-order valence-electron chi connectivity index (χ1n) is 11.1. The second kappa shape index (κ2) is 10.1. The van der Waals surface area contributed by atoms with Gasteiger partial charge in [0.1, 0.15) is 12.3 Å². The number of nitrogens with zero attached hydrogens (tertiary/aromatic N) is 2. The fraction of sp³-hybridized carbons (Fsp3) is 0.240. The maximum Gasteiger partial charge on any atom is 0.269 e. The van der Waals surface area contributed by atoms with Gasteiger partial charge in [0.2, 0.25) is 5.91 Å². The lowest BCUT2D eigenvalue weighted by atomic mass is 9.87. The molecule has 0 saturated heterocycles. The van der Waals surface area contributed by atoms with E-state index in [-0.39, 0.29) is 22.3 Å². The summed E-state index contributed by atoms with van der Waals surface area (Å²) >= 11 is 0. The zero-order valence-electron chi connectivity index (χ0n) is 19.1. The minimum Gasteiger partial charge on any atom is -0.497 e. The highest BCUT2D eigenvalue weighted by molar-refractivity contribution is 7.92. The van der Waals surface area contributed by atoms with Crippen molar-refractivity contribution in [3.05, 3.63) is 94.0 Å². The summed E-state index contributed by atoms with van der Waals surface area (Å²) in [6.07, 6.45) is 2.48. The SMILES string of the molecule is COc1ccc2c(c1)CCCC2NC(=O)CN(c1ccc([N+](=O)[O-])cc1)S(=O)(=O)c1ccccc1. The zero-order chi connectivity index (χ0) is 25.0. The fourth-order valence-corrected chi connectivity index (χ4v) is 5.66. The lowest BCUT2D eigenvalue weighted by Crippen LogP contribution is -2.42. The molecule has 1 aliphatic rings. The predicted octanol–water partition coefficient (Wildman–Crippen LogP) is 3.99. The Labute approximate surface area is 203 Å². The molecule has 0 radical (unpaired) electrons. The summed E-state index contributed by atoms with van der Waals surface area (Å²) in [6.45, 7) is -0.475. The van der Waals surface area contributed by atoms with Gasteiger partial charge in [-0.1, -0.05) is 24.3 Å².